The van der Waals surface area contributed by atoms with Crippen molar-refractivity contribution in [3.05, 3.63) is 59.7 Å². The van der Waals surface area contributed by atoms with Crippen LogP contribution in [0, 0.1) is 12.7 Å². The highest BCUT2D eigenvalue weighted by Crippen LogP contribution is 2.32. The summed E-state index contributed by atoms with van der Waals surface area (Å²) in [6.07, 6.45) is 2.82. The number of nitrogens with one attached hydrogen (secondary N) is 1. The van der Waals surface area contributed by atoms with Crippen molar-refractivity contribution >= 4 is 32.6 Å². The largest absolute Gasteiger partial charge is 0.357 e. The van der Waals surface area contributed by atoms with Gasteiger partial charge in [-0.1, -0.05) is 28.6 Å². The van der Waals surface area contributed by atoms with Gasteiger partial charge >= 0.3 is 0 Å². The third-order valence-electron chi connectivity index (χ3n) is 5.87. The van der Waals surface area contributed by atoms with Crippen molar-refractivity contribution in [1.82, 2.24) is 20.0 Å². The number of aromatic nitrogens is 3. The van der Waals surface area contributed by atoms with Crippen LogP contribution in [0.3, 0.4) is 0 Å². The fourth-order valence-electron chi connectivity index (χ4n) is 4.29. The molecule has 0 aliphatic heterocycles. The monoisotopic (exact) mass is 451 g/mol. The Kier molecular flexibility index (Phi) is 5.34. The summed E-state index contributed by atoms with van der Waals surface area (Å²) >= 11 is 1.43. The molecule has 7 nitrogen and oxygen atoms in total. The van der Waals surface area contributed by atoms with E-state index in [1.54, 1.807) is 24.0 Å². The molecule has 32 heavy (non-hydrogen) atoms. The average Bonchev–Trinajstić information content (AvgIpc) is 3.52. The van der Waals surface area contributed by atoms with Crippen LogP contribution < -0.4 is 5.32 Å². The standard InChI is InChI=1S/C23H22FN5O2S/c1-13-25-21(31-28-13)15-6-3-4-7-16(15)22(30)29(2)19-9-5-8-17(19)26-23-27-18-11-10-14(24)12-20(18)32-23/h3-4,6-7,10-12,17,19H,5,8-9H2,1-2H3,(H,26,27). The molecule has 2 unspecified atom stereocenters. The van der Waals surface area contributed by atoms with E-state index < -0.39 is 0 Å². The average molecular weight is 452 g/mol. The van der Waals surface area contributed by atoms with E-state index in [9.17, 15) is 9.18 Å². The Bertz CT molecular complexity index is 1290. The van der Waals surface area contributed by atoms with Gasteiger partial charge in [0, 0.05) is 13.1 Å². The molecule has 2 heterocycles. The van der Waals surface area contributed by atoms with Gasteiger partial charge in [-0.3, -0.25) is 4.79 Å². The summed E-state index contributed by atoms with van der Waals surface area (Å²) in [5.41, 5.74) is 1.92. The molecule has 2 aromatic heterocycles. The lowest BCUT2D eigenvalue weighted by Crippen LogP contribution is -2.44. The molecule has 2 atom stereocenters. The van der Waals surface area contributed by atoms with Crippen LogP contribution in [0.2, 0.25) is 0 Å². The Balaban J connectivity index is 1.37. The Morgan fingerprint density at radius 2 is 2.06 bits per heavy atom. The molecule has 1 N–H and O–H groups in total. The third-order valence-corrected chi connectivity index (χ3v) is 6.82. The number of thiazole rings is 1. The van der Waals surface area contributed by atoms with E-state index in [4.69, 9.17) is 4.52 Å². The van der Waals surface area contributed by atoms with E-state index in [0.29, 0.717) is 22.8 Å². The van der Waals surface area contributed by atoms with Gasteiger partial charge in [-0.05, 0) is 56.5 Å². The normalized spacial score (nSPS) is 18.2. The van der Waals surface area contributed by atoms with Crippen LogP contribution in [0.1, 0.15) is 35.4 Å². The third kappa shape index (κ3) is 3.84. The number of hydrogen-bond acceptors (Lipinski definition) is 7. The van der Waals surface area contributed by atoms with Crippen LogP contribution in [-0.4, -0.2) is 45.1 Å². The fraction of sp³-hybridized carbons (Fsp3) is 0.304. The number of fused-ring (bicyclic) bond motifs is 1. The highest BCUT2D eigenvalue weighted by Gasteiger charge is 2.34. The van der Waals surface area contributed by atoms with Gasteiger partial charge in [-0.15, -0.1) is 0 Å². The molecule has 2 aromatic carbocycles. The molecular weight excluding hydrogens is 429 g/mol. The molecule has 1 amide bonds. The zero-order chi connectivity index (χ0) is 22.2. The van der Waals surface area contributed by atoms with Gasteiger partial charge in [0.05, 0.1) is 27.4 Å². The van der Waals surface area contributed by atoms with Crippen molar-refractivity contribution < 1.29 is 13.7 Å². The van der Waals surface area contributed by atoms with Crippen LogP contribution in [-0.2, 0) is 0 Å². The number of rotatable bonds is 5. The predicted octanol–water partition coefficient (Wildman–Crippen LogP) is 4.90. The highest BCUT2D eigenvalue weighted by atomic mass is 32.1. The molecular formula is C23H22FN5O2S. The number of benzene rings is 2. The van der Waals surface area contributed by atoms with E-state index in [-0.39, 0.29) is 23.8 Å². The second-order valence-corrected chi connectivity index (χ2v) is 9.02. The number of nitrogens with zero attached hydrogens (tertiary/aromatic N) is 4. The number of carbonyl (C=O) groups excluding carboxylic acids is 1. The molecule has 0 spiro atoms. The lowest BCUT2D eigenvalue weighted by atomic mass is 10.0. The predicted molar refractivity (Wildman–Crippen MR) is 121 cm³/mol. The van der Waals surface area contributed by atoms with E-state index in [0.717, 1.165) is 34.6 Å². The summed E-state index contributed by atoms with van der Waals surface area (Å²) in [4.78, 5) is 24.1. The fourth-order valence-corrected chi connectivity index (χ4v) is 5.25. The minimum atomic E-state index is -0.271. The number of carbonyl (C=O) groups is 1. The van der Waals surface area contributed by atoms with Crippen LogP contribution in [0.25, 0.3) is 21.7 Å². The summed E-state index contributed by atoms with van der Waals surface area (Å²) < 4.78 is 19.6. The minimum absolute atomic E-state index is 0.00345. The van der Waals surface area contributed by atoms with Gasteiger partial charge in [-0.2, -0.15) is 4.98 Å². The zero-order valence-corrected chi connectivity index (χ0v) is 18.5. The second kappa shape index (κ2) is 8.31. The van der Waals surface area contributed by atoms with Crippen molar-refractivity contribution in [2.45, 2.75) is 38.3 Å². The summed E-state index contributed by atoms with van der Waals surface area (Å²) in [5, 5.41) is 8.08. The van der Waals surface area contributed by atoms with Crippen molar-refractivity contribution in [2.75, 3.05) is 12.4 Å². The molecule has 9 heteroatoms. The van der Waals surface area contributed by atoms with E-state index in [2.05, 4.69) is 20.4 Å². The second-order valence-electron chi connectivity index (χ2n) is 7.99. The Morgan fingerprint density at radius 1 is 1.22 bits per heavy atom. The zero-order valence-electron chi connectivity index (χ0n) is 17.7. The topological polar surface area (TPSA) is 84.2 Å². The summed E-state index contributed by atoms with van der Waals surface area (Å²) in [5.74, 6) is 0.488. The summed E-state index contributed by atoms with van der Waals surface area (Å²) in [6, 6.07) is 11.9. The van der Waals surface area contributed by atoms with E-state index >= 15 is 0 Å². The summed E-state index contributed by atoms with van der Waals surface area (Å²) in [7, 11) is 1.83. The molecule has 5 rings (SSSR count). The first-order valence-electron chi connectivity index (χ1n) is 10.5. The summed E-state index contributed by atoms with van der Waals surface area (Å²) in [6.45, 7) is 1.74. The first kappa shape index (κ1) is 20.6. The molecule has 1 aliphatic rings. The van der Waals surface area contributed by atoms with Crippen molar-refractivity contribution in [3.63, 3.8) is 0 Å². The molecule has 1 saturated carbocycles. The van der Waals surface area contributed by atoms with Crippen molar-refractivity contribution in [2.24, 2.45) is 0 Å². The molecule has 164 valence electrons. The molecule has 0 saturated heterocycles. The van der Waals surface area contributed by atoms with Gasteiger partial charge < -0.3 is 14.7 Å². The number of amides is 1. The quantitative estimate of drug-likeness (QED) is 0.465. The minimum Gasteiger partial charge on any atom is -0.357 e. The van der Waals surface area contributed by atoms with Crippen molar-refractivity contribution in [1.29, 1.82) is 0 Å². The first-order chi connectivity index (χ1) is 15.5. The number of halogens is 1. The van der Waals surface area contributed by atoms with Gasteiger partial charge in [0.2, 0.25) is 0 Å². The Labute approximate surface area is 188 Å². The van der Waals surface area contributed by atoms with Gasteiger partial charge in [0.25, 0.3) is 11.8 Å². The Morgan fingerprint density at radius 3 is 2.88 bits per heavy atom. The first-order valence-corrected chi connectivity index (χ1v) is 11.3. The number of hydrogen-bond donors (Lipinski definition) is 1. The van der Waals surface area contributed by atoms with Gasteiger partial charge in [-0.25, -0.2) is 9.37 Å². The smallest absolute Gasteiger partial charge is 0.258 e. The van der Waals surface area contributed by atoms with Gasteiger partial charge in [0.15, 0.2) is 11.0 Å². The van der Waals surface area contributed by atoms with E-state index in [1.807, 2.05) is 25.2 Å². The molecule has 4 aromatic rings. The number of likely N-dealkylation sites (N-methyl/N-ethyl adjacent to an activating group) is 1. The van der Waals surface area contributed by atoms with E-state index in [1.165, 1.54) is 23.5 Å². The maximum Gasteiger partial charge on any atom is 0.258 e. The SMILES string of the molecule is Cc1noc(-c2ccccc2C(=O)N(C)C2CCCC2Nc2nc3ccc(F)cc3s2)n1. The van der Waals surface area contributed by atoms with Crippen molar-refractivity contribution in [3.8, 4) is 11.5 Å². The molecule has 1 aliphatic carbocycles. The Hall–Kier alpha value is -3.33. The van der Waals surface area contributed by atoms with Crippen LogP contribution >= 0.6 is 11.3 Å². The maximum absolute atomic E-state index is 13.5. The lowest BCUT2D eigenvalue weighted by molar-refractivity contribution is 0.0728. The van der Waals surface area contributed by atoms with Gasteiger partial charge in [0.1, 0.15) is 5.82 Å². The molecule has 0 bridgehead atoms. The maximum atomic E-state index is 13.5. The number of aryl methyl sites for hydroxylation is 1. The number of anilines is 1. The lowest BCUT2D eigenvalue weighted by Gasteiger charge is -2.30. The molecule has 1 fully saturated rings. The van der Waals surface area contributed by atoms with Crippen LogP contribution in [0.15, 0.2) is 47.0 Å². The highest BCUT2D eigenvalue weighted by molar-refractivity contribution is 7.22. The van der Waals surface area contributed by atoms with Crippen LogP contribution in [0.4, 0.5) is 9.52 Å². The van der Waals surface area contributed by atoms with Crippen LogP contribution in [0.5, 0.6) is 0 Å². The molecule has 0 radical (unpaired) electrons.